The van der Waals surface area contributed by atoms with E-state index in [1.54, 1.807) is 4.31 Å². The lowest BCUT2D eigenvalue weighted by molar-refractivity contribution is 0.279. The second-order valence-electron chi connectivity index (χ2n) is 7.43. The largest absolute Gasteiger partial charge is 0.357 e. The highest BCUT2D eigenvalue weighted by Crippen LogP contribution is 2.23. The normalized spacial score (nSPS) is 27.9. The molecule has 0 amide bonds. The van der Waals surface area contributed by atoms with E-state index in [0.29, 0.717) is 25.0 Å². The molecule has 2 aliphatic rings. The minimum absolute atomic E-state index is 0.477. The molecule has 140 valence electrons. The number of nitrogens with one attached hydrogen (secondary N) is 2. The molecular weight excluding hydrogens is 324 g/mol. The molecule has 0 spiro atoms. The first-order chi connectivity index (χ1) is 11.4. The van der Waals surface area contributed by atoms with Gasteiger partial charge in [0.1, 0.15) is 0 Å². The van der Waals surface area contributed by atoms with E-state index in [1.807, 2.05) is 0 Å². The summed E-state index contributed by atoms with van der Waals surface area (Å²) in [7, 11) is -3.04. The van der Waals surface area contributed by atoms with Crippen LogP contribution in [-0.2, 0) is 10.0 Å². The van der Waals surface area contributed by atoms with E-state index in [9.17, 15) is 8.42 Å². The van der Waals surface area contributed by atoms with Crippen LogP contribution >= 0.6 is 0 Å². The molecule has 2 rings (SSSR count). The Kier molecular flexibility index (Phi) is 7.34. The number of rotatable bonds is 5. The van der Waals surface area contributed by atoms with Gasteiger partial charge in [-0.3, -0.25) is 4.99 Å². The molecule has 0 aromatic rings. The van der Waals surface area contributed by atoms with Crippen LogP contribution in [0, 0.1) is 11.8 Å². The van der Waals surface area contributed by atoms with Gasteiger partial charge >= 0.3 is 0 Å². The molecule has 1 aliphatic heterocycles. The van der Waals surface area contributed by atoms with Crippen molar-refractivity contribution in [3.8, 4) is 0 Å². The SMILES string of the molecule is CCNC(=NCC1CCN(S(C)(=O)=O)CC1)NC1CCC(C)CC1. The van der Waals surface area contributed by atoms with Crippen LogP contribution in [0.15, 0.2) is 4.99 Å². The highest BCUT2D eigenvalue weighted by atomic mass is 32.2. The van der Waals surface area contributed by atoms with E-state index in [0.717, 1.165) is 37.8 Å². The molecule has 7 heteroatoms. The van der Waals surface area contributed by atoms with Crippen LogP contribution in [0.4, 0.5) is 0 Å². The summed E-state index contributed by atoms with van der Waals surface area (Å²) >= 11 is 0. The Morgan fingerprint density at radius 2 is 1.75 bits per heavy atom. The zero-order chi connectivity index (χ0) is 17.6. The molecule has 0 unspecified atom stereocenters. The Bertz CT molecular complexity index is 505. The van der Waals surface area contributed by atoms with Crippen LogP contribution in [0.2, 0.25) is 0 Å². The van der Waals surface area contributed by atoms with E-state index < -0.39 is 10.0 Å². The molecule has 0 radical (unpaired) electrons. The smallest absolute Gasteiger partial charge is 0.211 e. The van der Waals surface area contributed by atoms with Crippen LogP contribution < -0.4 is 10.6 Å². The Morgan fingerprint density at radius 1 is 1.12 bits per heavy atom. The van der Waals surface area contributed by atoms with Crippen molar-refractivity contribution >= 4 is 16.0 Å². The van der Waals surface area contributed by atoms with Crippen LogP contribution in [0.1, 0.15) is 52.4 Å². The Hall–Kier alpha value is -0.820. The van der Waals surface area contributed by atoms with Crippen molar-refractivity contribution in [1.29, 1.82) is 0 Å². The Morgan fingerprint density at radius 3 is 2.29 bits per heavy atom. The fourth-order valence-corrected chi connectivity index (χ4v) is 4.44. The van der Waals surface area contributed by atoms with Crippen molar-refractivity contribution in [2.75, 3.05) is 32.4 Å². The maximum atomic E-state index is 11.6. The third-order valence-corrected chi connectivity index (χ3v) is 6.55. The van der Waals surface area contributed by atoms with Gasteiger partial charge in [-0.2, -0.15) is 0 Å². The van der Waals surface area contributed by atoms with Crippen molar-refractivity contribution in [3.63, 3.8) is 0 Å². The summed E-state index contributed by atoms with van der Waals surface area (Å²) in [5.41, 5.74) is 0. The molecule has 1 saturated heterocycles. The number of sulfonamides is 1. The van der Waals surface area contributed by atoms with Gasteiger partial charge in [-0.1, -0.05) is 6.92 Å². The van der Waals surface area contributed by atoms with E-state index in [2.05, 4.69) is 24.5 Å². The predicted molar refractivity (Wildman–Crippen MR) is 99.7 cm³/mol. The number of aliphatic imine (C=N–C) groups is 1. The molecule has 2 fully saturated rings. The van der Waals surface area contributed by atoms with Crippen LogP contribution in [0.25, 0.3) is 0 Å². The van der Waals surface area contributed by atoms with E-state index in [4.69, 9.17) is 4.99 Å². The summed E-state index contributed by atoms with van der Waals surface area (Å²) < 4.78 is 24.7. The van der Waals surface area contributed by atoms with E-state index >= 15 is 0 Å². The van der Waals surface area contributed by atoms with Crippen molar-refractivity contribution in [1.82, 2.24) is 14.9 Å². The second kappa shape index (κ2) is 9.04. The molecule has 6 nitrogen and oxygen atoms in total. The number of piperidine rings is 1. The number of nitrogens with zero attached hydrogens (tertiary/aromatic N) is 2. The zero-order valence-corrected chi connectivity index (χ0v) is 16.2. The van der Waals surface area contributed by atoms with Gasteiger partial charge in [0.15, 0.2) is 5.96 Å². The summed E-state index contributed by atoms with van der Waals surface area (Å²) in [6.07, 6.45) is 8.12. The first kappa shape index (κ1) is 19.5. The molecule has 0 aromatic heterocycles. The van der Waals surface area contributed by atoms with Gasteiger partial charge in [-0.15, -0.1) is 0 Å². The lowest BCUT2D eigenvalue weighted by Gasteiger charge is -2.30. The lowest BCUT2D eigenvalue weighted by Crippen LogP contribution is -2.45. The minimum Gasteiger partial charge on any atom is -0.357 e. The van der Waals surface area contributed by atoms with Crippen LogP contribution in [0.5, 0.6) is 0 Å². The summed E-state index contributed by atoms with van der Waals surface area (Å²) in [5.74, 6) is 2.25. The molecular formula is C17H34N4O2S. The molecule has 0 aromatic carbocycles. The van der Waals surface area contributed by atoms with Gasteiger partial charge in [0, 0.05) is 32.2 Å². The van der Waals surface area contributed by atoms with Gasteiger partial charge in [0.05, 0.1) is 6.26 Å². The van der Waals surface area contributed by atoms with Crippen molar-refractivity contribution in [2.24, 2.45) is 16.8 Å². The first-order valence-electron chi connectivity index (χ1n) is 9.38. The zero-order valence-electron chi connectivity index (χ0n) is 15.4. The Labute approximate surface area is 147 Å². The summed E-state index contributed by atoms with van der Waals surface area (Å²) in [6, 6.07) is 0.533. The second-order valence-corrected chi connectivity index (χ2v) is 9.41. The summed E-state index contributed by atoms with van der Waals surface area (Å²) in [5, 5.41) is 6.93. The molecule has 24 heavy (non-hydrogen) atoms. The van der Waals surface area contributed by atoms with Crippen molar-refractivity contribution < 1.29 is 8.42 Å². The topological polar surface area (TPSA) is 73.8 Å². The molecule has 0 atom stereocenters. The van der Waals surface area contributed by atoms with Crippen molar-refractivity contribution in [3.05, 3.63) is 0 Å². The monoisotopic (exact) mass is 358 g/mol. The highest BCUT2D eigenvalue weighted by Gasteiger charge is 2.25. The minimum atomic E-state index is -3.04. The maximum absolute atomic E-state index is 11.6. The number of hydrogen-bond acceptors (Lipinski definition) is 3. The fraction of sp³-hybridized carbons (Fsp3) is 0.941. The van der Waals surface area contributed by atoms with Gasteiger partial charge in [-0.05, 0) is 57.3 Å². The third-order valence-electron chi connectivity index (χ3n) is 5.25. The lowest BCUT2D eigenvalue weighted by atomic mass is 9.87. The fourth-order valence-electron chi connectivity index (χ4n) is 3.56. The Balaban J connectivity index is 1.81. The quantitative estimate of drug-likeness (QED) is 0.580. The summed E-state index contributed by atoms with van der Waals surface area (Å²) in [4.78, 5) is 4.76. The molecule has 0 bridgehead atoms. The van der Waals surface area contributed by atoms with E-state index in [-0.39, 0.29) is 0 Å². The molecule has 2 N–H and O–H groups in total. The van der Waals surface area contributed by atoms with Crippen LogP contribution in [0.3, 0.4) is 0 Å². The third kappa shape index (κ3) is 6.24. The van der Waals surface area contributed by atoms with Gasteiger partial charge in [0.25, 0.3) is 0 Å². The molecule has 1 saturated carbocycles. The maximum Gasteiger partial charge on any atom is 0.211 e. The van der Waals surface area contributed by atoms with Gasteiger partial charge in [-0.25, -0.2) is 12.7 Å². The van der Waals surface area contributed by atoms with Crippen molar-refractivity contribution in [2.45, 2.75) is 58.4 Å². The number of guanidine groups is 1. The van der Waals surface area contributed by atoms with Crippen LogP contribution in [-0.4, -0.2) is 57.2 Å². The van der Waals surface area contributed by atoms with Gasteiger partial charge in [0.2, 0.25) is 10.0 Å². The first-order valence-corrected chi connectivity index (χ1v) is 11.2. The molecule has 1 heterocycles. The summed E-state index contributed by atoms with van der Waals surface area (Å²) in [6.45, 7) is 7.31. The number of hydrogen-bond donors (Lipinski definition) is 2. The predicted octanol–water partition coefficient (Wildman–Crippen LogP) is 1.79. The standard InChI is InChI=1S/C17H34N4O2S/c1-4-18-17(20-16-7-5-14(2)6-8-16)19-13-15-9-11-21(12-10-15)24(3,22)23/h14-16H,4-13H2,1-3H3,(H2,18,19,20). The highest BCUT2D eigenvalue weighted by molar-refractivity contribution is 7.88. The average molecular weight is 359 g/mol. The van der Waals surface area contributed by atoms with E-state index in [1.165, 1.54) is 31.9 Å². The average Bonchev–Trinajstić information content (AvgIpc) is 2.54. The molecule has 1 aliphatic carbocycles. The van der Waals surface area contributed by atoms with Gasteiger partial charge < -0.3 is 10.6 Å².